The molecule has 3 nitrogen and oxygen atoms in total. The molecule has 3 heteroatoms. The molecule has 1 amide bonds. The number of fused-ring (bicyclic) bond motifs is 1. The van der Waals surface area contributed by atoms with Crippen molar-refractivity contribution in [3.05, 3.63) is 65.4 Å². The molecule has 0 atom stereocenters. The highest BCUT2D eigenvalue weighted by Crippen LogP contribution is 2.35. The standard InChI is InChI=1S/C23H24N2O/c1-15-6-4-5-7-19(15)20-9-8-16(2)23-21(20)14-22(24-23)18-10-12-25(13-11-18)17(3)26/h4-10,14,24H,11-13H2,1-3H3. The summed E-state index contributed by atoms with van der Waals surface area (Å²) in [6.07, 6.45) is 3.07. The van der Waals surface area contributed by atoms with E-state index in [4.69, 9.17) is 0 Å². The van der Waals surface area contributed by atoms with Crippen LogP contribution in [0, 0.1) is 13.8 Å². The van der Waals surface area contributed by atoms with Gasteiger partial charge in [0.2, 0.25) is 5.91 Å². The minimum Gasteiger partial charge on any atom is -0.355 e. The third-order valence-corrected chi connectivity index (χ3v) is 5.44. The molecule has 1 aliphatic heterocycles. The number of nitrogens with one attached hydrogen (secondary N) is 1. The highest BCUT2D eigenvalue weighted by Gasteiger charge is 2.17. The van der Waals surface area contributed by atoms with Gasteiger partial charge >= 0.3 is 0 Å². The Balaban J connectivity index is 1.81. The maximum absolute atomic E-state index is 11.5. The zero-order chi connectivity index (χ0) is 18.3. The van der Waals surface area contributed by atoms with Crippen LogP contribution in [0.25, 0.3) is 27.6 Å². The van der Waals surface area contributed by atoms with Gasteiger partial charge in [-0.2, -0.15) is 0 Å². The van der Waals surface area contributed by atoms with Gasteiger partial charge in [0.1, 0.15) is 0 Å². The van der Waals surface area contributed by atoms with Gasteiger partial charge < -0.3 is 9.88 Å². The number of hydrogen-bond acceptors (Lipinski definition) is 1. The fourth-order valence-corrected chi connectivity index (χ4v) is 3.84. The summed E-state index contributed by atoms with van der Waals surface area (Å²) in [4.78, 5) is 17.1. The SMILES string of the molecule is CC(=O)N1CC=C(c2cc3c(-c4ccccc4C)ccc(C)c3[nH]2)CC1. The first-order valence-electron chi connectivity index (χ1n) is 9.18. The molecule has 1 N–H and O–H groups in total. The van der Waals surface area contributed by atoms with Crippen molar-refractivity contribution >= 4 is 22.4 Å². The van der Waals surface area contributed by atoms with Crippen molar-refractivity contribution in [3.63, 3.8) is 0 Å². The Labute approximate surface area is 154 Å². The van der Waals surface area contributed by atoms with Crippen LogP contribution in [0.2, 0.25) is 0 Å². The number of H-pyrrole nitrogens is 1. The average molecular weight is 344 g/mol. The quantitative estimate of drug-likeness (QED) is 0.691. The summed E-state index contributed by atoms with van der Waals surface area (Å²) in [7, 11) is 0. The molecule has 0 radical (unpaired) electrons. The smallest absolute Gasteiger partial charge is 0.219 e. The number of aryl methyl sites for hydroxylation is 2. The van der Waals surface area contributed by atoms with Gasteiger partial charge in [-0.15, -0.1) is 0 Å². The number of rotatable bonds is 2. The van der Waals surface area contributed by atoms with Crippen LogP contribution >= 0.6 is 0 Å². The molecule has 1 aliphatic rings. The Morgan fingerprint density at radius 1 is 1.04 bits per heavy atom. The lowest BCUT2D eigenvalue weighted by Gasteiger charge is -2.24. The zero-order valence-corrected chi connectivity index (χ0v) is 15.6. The summed E-state index contributed by atoms with van der Waals surface area (Å²) >= 11 is 0. The fourth-order valence-electron chi connectivity index (χ4n) is 3.84. The molecule has 132 valence electrons. The van der Waals surface area contributed by atoms with Crippen LogP contribution < -0.4 is 0 Å². The van der Waals surface area contributed by atoms with Gasteiger partial charge in [0.15, 0.2) is 0 Å². The summed E-state index contributed by atoms with van der Waals surface area (Å²) < 4.78 is 0. The normalized spacial score (nSPS) is 14.6. The molecule has 0 aliphatic carbocycles. The number of aromatic nitrogens is 1. The average Bonchev–Trinajstić information content (AvgIpc) is 3.09. The van der Waals surface area contributed by atoms with Crippen molar-refractivity contribution < 1.29 is 4.79 Å². The van der Waals surface area contributed by atoms with E-state index >= 15 is 0 Å². The summed E-state index contributed by atoms with van der Waals surface area (Å²) in [6, 6.07) is 15.2. The van der Waals surface area contributed by atoms with E-state index in [9.17, 15) is 4.79 Å². The summed E-state index contributed by atoms with van der Waals surface area (Å²) in [5.74, 6) is 0.148. The Hall–Kier alpha value is -2.81. The molecule has 1 aromatic heterocycles. The number of hydrogen-bond donors (Lipinski definition) is 1. The van der Waals surface area contributed by atoms with E-state index in [1.807, 2.05) is 4.90 Å². The minimum absolute atomic E-state index is 0.148. The van der Waals surface area contributed by atoms with Gasteiger partial charge in [-0.25, -0.2) is 0 Å². The van der Waals surface area contributed by atoms with Gasteiger partial charge in [-0.1, -0.05) is 42.5 Å². The Morgan fingerprint density at radius 2 is 1.85 bits per heavy atom. The number of carbonyl (C=O) groups is 1. The second-order valence-electron chi connectivity index (χ2n) is 7.16. The van der Waals surface area contributed by atoms with Gasteiger partial charge in [0.05, 0.1) is 0 Å². The molecule has 0 saturated heterocycles. The summed E-state index contributed by atoms with van der Waals surface area (Å²) in [6.45, 7) is 7.44. The molecule has 0 unspecified atom stereocenters. The van der Waals surface area contributed by atoms with Crippen molar-refractivity contribution in [1.29, 1.82) is 0 Å². The second-order valence-corrected chi connectivity index (χ2v) is 7.16. The van der Waals surface area contributed by atoms with Crippen LogP contribution in [-0.2, 0) is 4.79 Å². The van der Waals surface area contributed by atoms with Crippen molar-refractivity contribution in [1.82, 2.24) is 9.88 Å². The van der Waals surface area contributed by atoms with E-state index in [1.165, 1.54) is 44.4 Å². The highest BCUT2D eigenvalue weighted by atomic mass is 16.2. The van der Waals surface area contributed by atoms with Crippen molar-refractivity contribution in [2.75, 3.05) is 13.1 Å². The number of carbonyl (C=O) groups excluding carboxylic acids is 1. The summed E-state index contributed by atoms with van der Waals surface area (Å²) in [5, 5.41) is 1.27. The third-order valence-electron chi connectivity index (χ3n) is 5.44. The first-order chi connectivity index (χ1) is 12.5. The largest absolute Gasteiger partial charge is 0.355 e. The van der Waals surface area contributed by atoms with E-state index in [2.05, 4.69) is 67.4 Å². The monoisotopic (exact) mass is 344 g/mol. The van der Waals surface area contributed by atoms with Crippen molar-refractivity contribution in [2.24, 2.45) is 0 Å². The van der Waals surface area contributed by atoms with E-state index in [1.54, 1.807) is 6.92 Å². The minimum atomic E-state index is 0.148. The summed E-state index contributed by atoms with van der Waals surface area (Å²) in [5.41, 5.74) is 8.77. The third kappa shape index (κ3) is 2.84. The number of amides is 1. The van der Waals surface area contributed by atoms with Crippen LogP contribution in [0.1, 0.15) is 30.2 Å². The molecule has 26 heavy (non-hydrogen) atoms. The lowest BCUT2D eigenvalue weighted by molar-refractivity contribution is -0.128. The Bertz CT molecular complexity index is 1030. The number of benzene rings is 2. The molecular weight excluding hydrogens is 320 g/mol. The molecule has 0 saturated carbocycles. The second kappa shape index (κ2) is 6.49. The highest BCUT2D eigenvalue weighted by molar-refractivity contribution is 5.99. The van der Waals surface area contributed by atoms with Crippen LogP contribution in [-0.4, -0.2) is 28.9 Å². The lowest BCUT2D eigenvalue weighted by atomic mass is 9.96. The maximum Gasteiger partial charge on any atom is 0.219 e. The van der Waals surface area contributed by atoms with Crippen LogP contribution in [0.3, 0.4) is 0 Å². The van der Waals surface area contributed by atoms with E-state index in [-0.39, 0.29) is 5.91 Å². The van der Waals surface area contributed by atoms with Crippen LogP contribution in [0.5, 0.6) is 0 Å². The molecule has 2 heterocycles. The molecule has 0 bridgehead atoms. The molecular formula is C23H24N2O. The molecule has 0 fully saturated rings. The lowest BCUT2D eigenvalue weighted by Crippen LogP contribution is -2.32. The Morgan fingerprint density at radius 3 is 2.54 bits per heavy atom. The predicted octanol–water partition coefficient (Wildman–Crippen LogP) is 5.09. The topological polar surface area (TPSA) is 36.1 Å². The predicted molar refractivity (Wildman–Crippen MR) is 108 cm³/mol. The van der Waals surface area contributed by atoms with Gasteiger partial charge in [0.25, 0.3) is 0 Å². The Kier molecular flexibility index (Phi) is 4.15. The van der Waals surface area contributed by atoms with Gasteiger partial charge in [-0.05, 0) is 54.2 Å². The van der Waals surface area contributed by atoms with E-state index in [0.717, 1.165) is 13.0 Å². The van der Waals surface area contributed by atoms with E-state index < -0.39 is 0 Å². The van der Waals surface area contributed by atoms with Gasteiger partial charge in [0, 0.05) is 36.6 Å². The molecule has 3 aromatic rings. The van der Waals surface area contributed by atoms with Crippen molar-refractivity contribution in [3.8, 4) is 11.1 Å². The van der Waals surface area contributed by atoms with Crippen LogP contribution in [0.15, 0.2) is 48.5 Å². The van der Waals surface area contributed by atoms with Gasteiger partial charge in [-0.3, -0.25) is 4.79 Å². The molecule has 4 rings (SSSR count). The molecule has 2 aromatic carbocycles. The van der Waals surface area contributed by atoms with Crippen molar-refractivity contribution in [2.45, 2.75) is 27.2 Å². The first-order valence-corrected chi connectivity index (χ1v) is 9.18. The zero-order valence-electron chi connectivity index (χ0n) is 15.6. The fraction of sp³-hybridized carbons (Fsp3) is 0.261. The number of nitrogens with zero attached hydrogens (tertiary/aromatic N) is 1. The van der Waals surface area contributed by atoms with E-state index in [0.29, 0.717) is 6.54 Å². The molecule has 0 spiro atoms. The van der Waals surface area contributed by atoms with Crippen LogP contribution in [0.4, 0.5) is 0 Å². The maximum atomic E-state index is 11.5. The first kappa shape index (κ1) is 16.6. The number of aromatic amines is 1.